The van der Waals surface area contributed by atoms with Crippen LogP contribution in [-0.2, 0) is 0 Å². The van der Waals surface area contributed by atoms with E-state index in [1.54, 1.807) is 12.2 Å². The Morgan fingerprint density at radius 3 is 2.58 bits per heavy atom. The fourth-order valence-electron chi connectivity index (χ4n) is 2.93. The largest absolute Gasteiger partial charge is 0.457 e. The number of ketones is 1. The number of carbonyl (C=O) groups excluding carboxylic acids is 1. The Morgan fingerprint density at radius 1 is 0.885 bits per heavy atom. The zero-order valence-electron chi connectivity index (χ0n) is 13.9. The Bertz CT molecular complexity index is 1120. The van der Waals surface area contributed by atoms with Gasteiger partial charge in [0.2, 0.25) is 0 Å². The van der Waals surface area contributed by atoms with Crippen LogP contribution in [0.15, 0.2) is 89.4 Å². The molecule has 0 aliphatic heterocycles. The molecule has 0 aliphatic rings. The third-order valence-corrected chi connectivity index (χ3v) is 4.43. The molecule has 126 valence electrons. The maximum atomic E-state index is 12.6. The van der Waals surface area contributed by atoms with Gasteiger partial charge in [0.15, 0.2) is 5.78 Å². The quantitative estimate of drug-likeness (QED) is 0.302. The van der Waals surface area contributed by atoms with E-state index < -0.39 is 0 Å². The van der Waals surface area contributed by atoms with Crippen molar-refractivity contribution in [2.45, 2.75) is 0 Å². The highest BCUT2D eigenvalue weighted by atomic mass is 35.5. The minimum Gasteiger partial charge on any atom is -0.457 e. The number of fused-ring (bicyclic) bond motifs is 1. The van der Waals surface area contributed by atoms with Crippen molar-refractivity contribution in [1.82, 2.24) is 0 Å². The Balaban J connectivity index is 1.59. The molecule has 3 heteroatoms. The summed E-state index contributed by atoms with van der Waals surface area (Å²) in [5, 5.41) is 2.65. The highest BCUT2D eigenvalue weighted by molar-refractivity contribution is 6.30. The van der Waals surface area contributed by atoms with E-state index in [4.69, 9.17) is 16.0 Å². The van der Waals surface area contributed by atoms with E-state index in [-0.39, 0.29) is 5.78 Å². The van der Waals surface area contributed by atoms with Crippen LogP contribution in [0, 0.1) is 0 Å². The summed E-state index contributed by atoms with van der Waals surface area (Å²) in [7, 11) is 0. The van der Waals surface area contributed by atoms with Gasteiger partial charge in [0.1, 0.15) is 11.5 Å². The average molecular weight is 359 g/mol. The van der Waals surface area contributed by atoms with Crippen molar-refractivity contribution in [1.29, 1.82) is 0 Å². The minimum absolute atomic E-state index is 0.0532. The molecular weight excluding hydrogens is 344 g/mol. The number of allylic oxidation sites excluding steroid dienone is 1. The Labute approximate surface area is 156 Å². The zero-order valence-corrected chi connectivity index (χ0v) is 14.6. The SMILES string of the molecule is O=C(C=Cc1ccc(-c2cccc(Cl)c2)o1)c1cccc2ccccc12. The van der Waals surface area contributed by atoms with Gasteiger partial charge < -0.3 is 4.42 Å². The van der Waals surface area contributed by atoms with Crippen molar-refractivity contribution in [2.75, 3.05) is 0 Å². The zero-order chi connectivity index (χ0) is 17.9. The topological polar surface area (TPSA) is 30.2 Å². The van der Waals surface area contributed by atoms with E-state index in [1.165, 1.54) is 0 Å². The van der Waals surface area contributed by atoms with E-state index in [0.717, 1.165) is 16.3 Å². The van der Waals surface area contributed by atoms with Crippen molar-refractivity contribution in [3.05, 3.63) is 101 Å². The highest BCUT2D eigenvalue weighted by Gasteiger charge is 2.08. The van der Waals surface area contributed by atoms with Gasteiger partial charge in [0.25, 0.3) is 0 Å². The molecule has 0 N–H and O–H groups in total. The smallest absolute Gasteiger partial charge is 0.186 e. The number of furan rings is 1. The van der Waals surface area contributed by atoms with E-state index in [0.29, 0.717) is 22.1 Å². The van der Waals surface area contributed by atoms with Gasteiger partial charge in [-0.25, -0.2) is 0 Å². The van der Waals surface area contributed by atoms with Crippen molar-refractivity contribution in [3.8, 4) is 11.3 Å². The molecule has 26 heavy (non-hydrogen) atoms. The van der Waals surface area contributed by atoms with Crippen molar-refractivity contribution in [2.24, 2.45) is 0 Å². The lowest BCUT2D eigenvalue weighted by Gasteiger charge is -2.02. The second kappa shape index (κ2) is 7.03. The van der Waals surface area contributed by atoms with Crippen LogP contribution >= 0.6 is 11.6 Å². The van der Waals surface area contributed by atoms with Crippen LogP contribution in [0.25, 0.3) is 28.2 Å². The van der Waals surface area contributed by atoms with E-state index in [1.807, 2.05) is 78.9 Å². The molecule has 3 aromatic carbocycles. The molecule has 0 amide bonds. The molecule has 4 rings (SSSR count). The van der Waals surface area contributed by atoms with Gasteiger partial charge in [-0.05, 0) is 47.2 Å². The first kappa shape index (κ1) is 16.4. The minimum atomic E-state index is -0.0532. The van der Waals surface area contributed by atoms with E-state index in [9.17, 15) is 4.79 Å². The molecular formula is C23H15ClO2. The van der Waals surface area contributed by atoms with Gasteiger partial charge in [-0.1, -0.05) is 66.2 Å². The summed E-state index contributed by atoms with van der Waals surface area (Å²) < 4.78 is 5.80. The molecule has 0 bridgehead atoms. The lowest BCUT2D eigenvalue weighted by atomic mass is 10.0. The summed E-state index contributed by atoms with van der Waals surface area (Å²) in [4.78, 5) is 12.6. The summed E-state index contributed by atoms with van der Waals surface area (Å²) in [6.45, 7) is 0. The second-order valence-electron chi connectivity index (χ2n) is 5.94. The molecule has 0 saturated carbocycles. The number of hydrogen-bond donors (Lipinski definition) is 0. The van der Waals surface area contributed by atoms with Gasteiger partial charge in [-0.2, -0.15) is 0 Å². The second-order valence-corrected chi connectivity index (χ2v) is 6.37. The molecule has 0 unspecified atom stereocenters. The van der Waals surface area contributed by atoms with Gasteiger partial charge in [-0.15, -0.1) is 0 Å². The van der Waals surface area contributed by atoms with Crippen LogP contribution in [0.3, 0.4) is 0 Å². The van der Waals surface area contributed by atoms with Gasteiger partial charge in [0, 0.05) is 16.1 Å². The molecule has 1 heterocycles. The first-order chi connectivity index (χ1) is 12.7. The monoisotopic (exact) mass is 358 g/mol. The fourth-order valence-corrected chi connectivity index (χ4v) is 3.12. The Kier molecular flexibility index (Phi) is 4.42. The summed E-state index contributed by atoms with van der Waals surface area (Å²) in [5.74, 6) is 1.28. The normalized spacial score (nSPS) is 11.3. The van der Waals surface area contributed by atoms with E-state index in [2.05, 4.69) is 0 Å². The molecule has 0 fully saturated rings. The van der Waals surface area contributed by atoms with Crippen molar-refractivity contribution >= 4 is 34.2 Å². The van der Waals surface area contributed by atoms with Crippen LogP contribution in [0.4, 0.5) is 0 Å². The number of hydrogen-bond acceptors (Lipinski definition) is 2. The lowest BCUT2D eigenvalue weighted by Crippen LogP contribution is -1.95. The maximum absolute atomic E-state index is 12.6. The summed E-state index contributed by atoms with van der Waals surface area (Å²) in [6, 6.07) is 24.8. The van der Waals surface area contributed by atoms with Crippen LogP contribution < -0.4 is 0 Å². The third kappa shape index (κ3) is 3.32. The summed E-state index contributed by atoms with van der Waals surface area (Å²) in [6.07, 6.45) is 3.24. The highest BCUT2D eigenvalue weighted by Crippen LogP contribution is 2.25. The first-order valence-corrected chi connectivity index (χ1v) is 8.64. The molecule has 4 aromatic rings. The predicted molar refractivity (Wildman–Crippen MR) is 106 cm³/mol. The number of halogens is 1. The molecule has 0 spiro atoms. The Morgan fingerprint density at radius 2 is 1.69 bits per heavy atom. The lowest BCUT2D eigenvalue weighted by molar-refractivity contribution is 0.104. The summed E-state index contributed by atoms with van der Waals surface area (Å²) >= 11 is 6.02. The number of carbonyl (C=O) groups is 1. The average Bonchev–Trinajstić information content (AvgIpc) is 3.15. The van der Waals surface area contributed by atoms with Crippen LogP contribution in [0.1, 0.15) is 16.1 Å². The maximum Gasteiger partial charge on any atom is 0.186 e. The van der Waals surface area contributed by atoms with Gasteiger partial charge in [-0.3, -0.25) is 4.79 Å². The standard InChI is InChI=1S/C23H15ClO2/c24-18-8-3-7-17(15-18)23-14-12-19(26-23)11-13-22(25)21-10-4-6-16-5-1-2-9-20(16)21/h1-15H. The van der Waals surface area contributed by atoms with Crippen LogP contribution in [0.5, 0.6) is 0 Å². The third-order valence-electron chi connectivity index (χ3n) is 4.19. The first-order valence-electron chi connectivity index (χ1n) is 8.27. The molecule has 0 radical (unpaired) electrons. The summed E-state index contributed by atoms with van der Waals surface area (Å²) in [5.41, 5.74) is 1.58. The van der Waals surface area contributed by atoms with Gasteiger partial charge >= 0.3 is 0 Å². The van der Waals surface area contributed by atoms with E-state index >= 15 is 0 Å². The van der Waals surface area contributed by atoms with Crippen LogP contribution in [-0.4, -0.2) is 5.78 Å². The van der Waals surface area contributed by atoms with Crippen LogP contribution in [0.2, 0.25) is 5.02 Å². The fraction of sp³-hybridized carbons (Fsp3) is 0. The van der Waals surface area contributed by atoms with Crippen molar-refractivity contribution < 1.29 is 9.21 Å². The Hall–Kier alpha value is -3.10. The molecule has 2 nitrogen and oxygen atoms in total. The number of benzene rings is 3. The molecule has 0 saturated heterocycles. The number of rotatable bonds is 4. The molecule has 0 atom stereocenters. The molecule has 1 aromatic heterocycles. The molecule has 0 aliphatic carbocycles. The van der Waals surface area contributed by atoms with Gasteiger partial charge in [0.05, 0.1) is 0 Å². The predicted octanol–water partition coefficient (Wildman–Crippen LogP) is 6.65. The van der Waals surface area contributed by atoms with Crippen molar-refractivity contribution in [3.63, 3.8) is 0 Å².